The van der Waals surface area contributed by atoms with E-state index in [0.717, 1.165) is 28.4 Å². The van der Waals surface area contributed by atoms with Crippen molar-refractivity contribution in [1.82, 2.24) is 0 Å². The number of ketones is 1. The fraction of sp³-hybridized carbons (Fsp3) is 0.300. The molecular weight excluding hydrogens is 251 g/mol. The molecule has 0 radical (unpaired) electrons. The van der Waals surface area contributed by atoms with Gasteiger partial charge in [0.05, 0.1) is 5.02 Å². The third-order valence-electron chi connectivity index (χ3n) is 2.27. The molecule has 1 aliphatic carbocycles. The number of aryl methyl sites for hydroxylation is 1. The third-order valence-corrected chi connectivity index (χ3v) is 3.02. The summed E-state index contributed by atoms with van der Waals surface area (Å²) in [4.78, 5) is 11.5. The van der Waals surface area contributed by atoms with E-state index in [0.29, 0.717) is 11.4 Å². The number of benzene rings is 1. The van der Waals surface area contributed by atoms with Crippen molar-refractivity contribution in [3.8, 4) is 0 Å². The molecule has 0 heterocycles. The first-order chi connectivity index (χ1) is 6.18. The molecule has 0 spiro atoms. The number of halogens is 2. The van der Waals surface area contributed by atoms with Crippen LogP contribution >= 0.6 is 27.5 Å². The molecule has 1 aromatic carbocycles. The Balaban J connectivity index is 2.63. The summed E-state index contributed by atoms with van der Waals surface area (Å²) in [5, 5.41) is 0.578. The highest BCUT2D eigenvalue weighted by atomic mass is 79.9. The van der Waals surface area contributed by atoms with Crippen LogP contribution in [0.15, 0.2) is 16.6 Å². The smallest absolute Gasteiger partial charge is 0.164 e. The molecule has 0 aliphatic heterocycles. The Bertz CT molecular complexity index is 373. The van der Waals surface area contributed by atoms with Crippen molar-refractivity contribution < 1.29 is 4.79 Å². The molecule has 0 bridgehead atoms. The molecule has 3 heteroatoms. The van der Waals surface area contributed by atoms with E-state index >= 15 is 0 Å². The number of carbonyl (C=O) groups is 1. The molecule has 68 valence electrons. The Morgan fingerprint density at radius 3 is 2.85 bits per heavy atom. The van der Waals surface area contributed by atoms with E-state index in [-0.39, 0.29) is 5.78 Å². The van der Waals surface area contributed by atoms with E-state index in [4.69, 9.17) is 11.6 Å². The van der Waals surface area contributed by atoms with Crippen LogP contribution in [0.1, 0.15) is 28.8 Å². The van der Waals surface area contributed by atoms with Crippen LogP contribution in [-0.2, 0) is 6.42 Å². The summed E-state index contributed by atoms with van der Waals surface area (Å²) in [5.74, 6) is 0.179. The zero-order chi connectivity index (χ0) is 9.42. The standard InChI is InChI=1S/C10H8BrClO/c11-7-4-6-2-1-3-9(13)10(6)8(12)5-7/h4-5H,1-3H2. The number of rotatable bonds is 0. The van der Waals surface area contributed by atoms with Gasteiger partial charge in [0.1, 0.15) is 0 Å². The second kappa shape index (κ2) is 3.43. The van der Waals surface area contributed by atoms with E-state index in [1.54, 1.807) is 6.07 Å². The Morgan fingerprint density at radius 2 is 2.08 bits per heavy atom. The van der Waals surface area contributed by atoms with Gasteiger partial charge in [0.15, 0.2) is 5.78 Å². The highest BCUT2D eigenvalue weighted by Crippen LogP contribution is 2.31. The first-order valence-corrected chi connectivity index (χ1v) is 5.36. The molecule has 0 saturated heterocycles. The molecule has 1 nitrogen and oxygen atoms in total. The maximum atomic E-state index is 11.5. The summed E-state index contributed by atoms with van der Waals surface area (Å²) in [6.07, 6.45) is 2.53. The molecule has 0 aromatic heterocycles. The number of hydrogen-bond acceptors (Lipinski definition) is 1. The van der Waals surface area contributed by atoms with E-state index in [1.807, 2.05) is 6.07 Å². The minimum atomic E-state index is 0.179. The highest BCUT2D eigenvalue weighted by Gasteiger charge is 2.20. The van der Waals surface area contributed by atoms with E-state index in [9.17, 15) is 4.79 Å². The Labute approximate surface area is 90.2 Å². The Kier molecular flexibility index (Phi) is 2.43. The number of hydrogen-bond donors (Lipinski definition) is 0. The summed E-state index contributed by atoms with van der Waals surface area (Å²) < 4.78 is 0.950. The second-order valence-electron chi connectivity index (χ2n) is 3.20. The molecular formula is C10H8BrClO. The summed E-state index contributed by atoms with van der Waals surface area (Å²) in [6, 6.07) is 3.77. The summed E-state index contributed by atoms with van der Waals surface area (Å²) in [7, 11) is 0. The lowest BCUT2D eigenvalue weighted by molar-refractivity contribution is 0.0972. The average molecular weight is 260 g/mol. The van der Waals surface area contributed by atoms with Gasteiger partial charge in [-0.15, -0.1) is 0 Å². The fourth-order valence-electron chi connectivity index (χ4n) is 1.70. The van der Waals surface area contributed by atoms with Gasteiger partial charge in [0.2, 0.25) is 0 Å². The summed E-state index contributed by atoms with van der Waals surface area (Å²) >= 11 is 9.36. The van der Waals surface area contributed by atoms with Crippen LogP contribution in [0.5, 0.6) is 0 Å². The van der Waals surface area contributed by atoms with Crippen LogP contribution in [0.2, 0.25) is 5.02 Å². The van der Waals surface area contributed by atoms with Crippen LogP contribution in [0.4, 0.5) is 0 Å². The van der Waals surface area contributed by atoms with Gasteiger partial charge in [-0.1, -0.05) is 27.5 Å². The molecule has 0 amide bonds. The number of fused-ring (bicyclic) bond motifs is 1. The van der Waals surface area contributed by atoms with Gasteiger partial charge in [-0.3, -0.25) is 4.79 Å². The van der Waals surface area contributed by atoms with E-state index < -0.39 is 0 Å². The minimum Gasteiger partial charge on any atom is -0.294 e. The fourth-order valence-corrected chi connectivity index (χ4v) is 2.68. The third kappa shape index (κ3) is 1.65. The lowest BCUT2D eigenvalue weighted by atomic mass is 9.91. The lowest BCUT2D eigenvalue weighted by Crippen LogP contribution is -2.11. The Morgan fingerprint density at radius 1 is 1.31 bits per heavy atom. The van der Waals surface area contributed by atoms with Crippen molar-refractivity contribution in [2.24, 2.45) is 0 Å². The zero-order valence-corrected chi connectivity index (χ0v) is 9.28. The van der Waals surface area contributed by atoms with Crippen molar-refractivity contribution >= 4 is 33.3 Å². The van der Waals surface area contributed by atoms with Gasteiger partial charge >= 0.3 is 0 Å². The van der Waals surface area contributed by atoms with Crippen molar-refractivity contribution in [3.05, 3.63) is 32.8 Å². The molecule has 0 fully saturated rings. The van der Waals surface area contributed by atoms with Crippen LogP contribution in [0.25, 0.3) is 0 Å². The molecule has 0 saturated carbocycles. The molecule has 13 heavy (non-hydrogen) atoms. The number of Topliss-reactive ketones (excluding diaryl/α,β-unsaturated/α-hetero) is 1. The second-order valence-corrected chi connectivity index (χ2v) is 4.52. The van der Waals surface area contributed by atoms with Crippen molar-refractivity contribution in [2.45, 2.75) is 19.3 Å². The van der Waals surface area contributed by atoms with Crippen molar-refractivity contribution in [1.29, 1.82) is 0 Å². The lowest BCUT2D eigenvalue weighted by Gasteiger charge is -2.15. The molecule has 0 unspecified atom stereocenters. The van der Waals surface area contributed by atoms with Gasteiger partial charge < -0.3 is 0 Å². The molecule has 1 aromatic rings. The van der Waals surface area contributed by atoms with Gasteiger partial charge in [0, 0.05) is 16.5 Å². The predicted octanol–water partition coefficient (Wildman–Crippen LogP) is 3.62. The predicted molar refractivity (Wildman–Crippen MR) is 56.4 cm³/mol. The quantitative estimate of drug-likeness (QED) is 0.695. The SMILES string of the molecule is O=C1CCCc2cc(Br)cc(Cl)c21. The van der Waals surface area contributed by atoms with Crippen LogP contribution < -0.4 is 0 Å². The first kappa shape index (κ1) is 9.22. The van der Waals surface area contributed by atoms with Crippen LogP contribution in [0.3, 0.4) is 0 Å². The Hall–Kier alpha value is -0.340. The first-order valence-electron chi connectivity index (χ1n) is 4.19. The van der Waals surface area contributed by atoms with Crippen molar-refractivity contribution in [3.63, 3.8) is 0 Å². The van der Waals surface area contributed by atoms with Crippen molar-refractivity contribution in [2.75, 3.05) is 0 Å². The number of carbonyl (C=O) groups excluding carboxylic acids is 1. The zero-order valence-electron chi connectivity index (χ0n) is 6.94. The summed E-state index contributed by atoms with van der Waals surface area (Å²) in [6.45, 7) is 0. The van der Waals surface area contributed by atoms with E-state index in [2.05, 4.69) is 15.9 Å². The monoisotopic (exact) mass is 258 g/mol. The van der Waals surface area contributed by atoms with Gasteiger partial charge in [-0.2, -0.15) is 0 Å². The topological polar surface area (TPSA) is 17.1 Å². The molecule has 0 atom stereocenters. The van der Waals surface area contributed by atoms with Gasteiger partial charge in [-0.05, 0) is 30.5 Å². The molecule has 0 N–H and O–H groups in total. The van der Waals surface area contributed by atoms with E-state index in [1.165, 1.54) is 0 Å². The maximum Gasteiger partial charge on any atom is 0.164 e. The average Bonchev–Trinajstić information content (AvgIpc) is 2.02. The molecule has 2 rings (SSSR count). The van der Waals surface area contributed by atoms with Gasteiger partial charge in [0.25, 0.3) is 0 Å². The molecule has 1 aliphatic rings. The normalized spacial score (nSPS) is 15.7. The largest absolute Gasteiger partial charge is 0.294 e. The van der Waals surface area contributed by atoms with Gasteiger partial charge in [-0.25, -0.2) is 0 Å². The highest BCUT2D eigenvalue weighted by molar-refractivity contribution is 9.10. The maximum absolute atomic E-state index is 11.5. The summed E-state index contributed by atoms with van der Waals surface area (Å²) in [5.41, 5.74) is 1.81. The van der Waals surface area contributed by atoms with Crippen LogP contribution in [0, 0.1) is 0 Å². The minimum absolute atomic E-state index is 0.179. The van der Waals surface area contributed by atoms with Crippen LogP contribution in [-0.4, -0.2) is 5.78 Å².